The van der Waals surface area contributed by atoms with Gasteiger partial charge in [-0.25, -0.2) is 22.9 Å². The Hall–Kier alpha value is -3.42. The third-order valence-electron chi connectivity index (χ3n) is 4.36. The van der Waals surface area contributed by atoms with Gasteiger partial charge < -0.3 is 0 Å². The van der Waals surface area contributed by atoms with Crippen molar-refractivity contribution in [2.24, 2.45) is 0 Å². The predicted molar refractivity (Wildman–Crippen MR) is 93.7 cm³/mol. The molecule has 0 saturated heterocycles. The summed E-state index contributed by atoms with van der Waals surface area (Å²) in [6.07, 6.45) is 3.93. The molecule has 1 N–H and O–H groups in total. The van der Waals surface area contributed by atoms with Crippen LogP contribution in [0, 0.1) is 24.4 Å². The zero-order valence-electron chi connectivity index (χ0n) is 14.1. The highest BCUT2D eigenvalue weighted by atomic mass is 19.1. The predicted octanol–water partition coefficient (Wildman–Crippen LogP) is 3.56. The maximum absolute atomic E-state index is 14.5. The summed E-state index contributed by atoms with van der Waals surface area (Å²) in [5.41, 5.74) is 1.27. The number of aromatic amines is 1. The first-order chi connectivity index (χ1) is 12.9. The number of imidazole rings is 1. The molecular weight excluding hydrogens is 357 g/mol. The third-order valence-corrected chi connectivity index (χ3v) is 4.36. The fraction of sp³-hybridized carbons (Fsp3) is 0.105. The molecule has 0 aliphatic carbocycles. The molecule has 4 rings (SSSR count). The number of rotatable bonds is 3. The Kier molecular flexibility index (Phi) is 4.02. The highest BCUT2D eigenvalue weighted by Gasteiger charge is 2.15. The maximum Gasteiger partial charge on any atom is 0.327 e. The maximum atomic E-state index is 14.5. The quantitative estimate of drug-likeness (QED) is 0.600. The van der Waals surface area contributed by atoms with Crippen LogP contribution in [0.5, 0.6) is 0 Å². The van der Waals surface area contributed by atoms with E-state index in [2.05, 4.69) is 15.0 Å². The van der Waals surface area contributed by atoms with E-state index in [4.69, 9.17) is 0 Å². The van der Waals surface area contributed by atoms with Gasteiger partial charge >= 0.3 is 5.69 Å². The van der Waals surface area contributed by atoms with Gasteiger partial charge in [0.05, 0.1) is 18.3 Å². The summed E-state index contributed by atoms with van der Waals surface area (Å²) in [6.45, 7) is 1.42. The van der Waals surface area contributed by atoms with E-state index in [1.54, 1.807) is 6.07 Å². The van der Waals surface area contributed by atoms with Crippen LogP contribution in [-0.4, -0.2) is 19.5 Å². The van der Waals surface area contributed by atoms with Crippen LogP contribution in [0.4, 0.5) is 13.2 Å². The topological polar surface area (TPSA) is 63.6 Å². The molecule has 8 heteroatoms. The zero-order valence-corrected chi connectivity index (χ0v) is 14.1. The molecular formula is C19H13F3N4O. The summed E-state index contributed by atoms with van der Waals surface area (Å²) in [5.74, 6) is -1.83. The molecule has 0 fully saturated rings. The highest BCUT2D eigenvalue weighted by Crippen LogP contribution is 2.27. The van der Waals surface area contributed by atoms with E-state index in [0.29, 0.717) is 22.3 Å². The molecule has 3 aromatic heterocycles. The fourth-order valence-electron chi connectivity index (χ4n) is 2.95. The standard InChI is InChI=1S/C19H13F3N4O/c1-10-15(21)3-2-14(17(10)22)12-5-16-18(24-7-12)25-19(27)26(16)9-11-4-13(20)8-23-6-11/h2-8H,9H2,1H3,(H,24,25,27). The largest absolute Gasteiger partial charge is 0.327 e. The van der Waals surface area contributed by atoms with Crippen LogP contribution in [0.2, 0.25) is 0 Å². The lowest BCUT2D eigenvalue weighted by Gasteiger charge is -2.08. The average molecular weight is 370 g/mol. The molecule has 136 valence electrons. The van der Waals surface area contributed by atoms with Crippen molar-refractivity contribution in [1.82, 2.24) is 19.5 Å². The molecule has 5 nitrogen and oxygen atoms in total. The van der Waals surface area contributed by atoms with Crippen LogP contribution < -0.4 is 5.69 Å². The molecule has 0 saturated carbocycles. The highest BCUT2D eigenvalue weighted by molar-refractivity contribution is 5.78. The minimum absolute atomic E-state index is 0.0691. The Morgan fingerprint density at radius 2 is 1.93 bits per heavy atom. The summed E-state index contributed by atoms with van der Waals surface area (Å²) >= 11 is 0. The monoisotopic (exact) mass is 370 g/mol. The lowest BCUT2D eigenvalue weighted by molar-refractivity contribution is 0.570. The van der Waals surface area contributed by atoms with Gasteiger partial charge in [0.1, 0.15) is 17.5 Å². The first-order valence-corrected chi connectivity index (χ1v) is 8.07. The number of hydrogen-bond acceptors (Lipinski definition) is 3. The Balaban J connectivity index is 1.85. The second-order valence-corrected chi connectivity index (χ2v) is 6.15. The van der Waals surface area contributed by atoms with Crippen LogP contribution in [0.15, 0.2) is 47.7 Å². The van der Waals surface area contributed by atoms with Gasteiger partial charge in [-0.1, -0.05) is 0 Å². The summed E-state index contributed by atoms with van der Waals surface area (Å²) < 4.78 is 42.7. The number of pyridine rings is 2. The summed E-state index contributed by atoms with van der Waals surface area (Å²) in [7, 11) is 0. The lowest BCUT2D eigenvalue weighted by Crippen LogP contribution is -2.17. The van der Waals surface area contributed by atoms with Crippen LogP contribution in [0.3, 0.4) is 0 Å². The summed E-state index contributed by atoms with van der Waals surface area (Å²) in [5, 5.41) is 0. The molecule has 0 spiro atoms. The molecule has 0 amide bonds. The van der Waals surface area contributed by atoms with Crippen molar-refractivity contribution in [3.63, 3.8) is 0 Å². The van der Waals surface area contributed by atoms with Gasteiger partial charge in [-0.05, 0) is 36.8 Å². The minimum Gasteiger partial charge on any atom is -0.290 e. The van der Waals surface area contributed by atoms with Crippen LogP contribution in [0.1, 0.15) is 11.1 Å². The molecule has 0 unspecified atom stereocenters. The molecule has 0 atom stereocenters. The van der Waals surface area contributed by atoms with Crippen molar-refractivity contribution in [1.29, 1.82) is 0 Å². The van der Waals surface area contributed by atoms with E-state index in [0.717, 1.165) is 6.20 Å². The molecule has 27 heavy (non-hydrogen) atoms. The Morgan fingerprint density at radius 1 is 1.11 bits per heavy atom. The Labute approximate surface area is 151 Å². The molecule has 0 radical (unpaired) electrons. The van der Waals surface area contributed by atoms with Gasteiger partial charge in [0.15, 0.2) is 5.65 Å². The lowest BCUT2D eigenvalue weighted by atomic mass is 10.0. The number of halogens is 3. The summed E-state index contributed by atoms with van der Waals surface area (Å²) in [6, 6.07) is 5.37. The van der Waals surface area contributed by atoms with Crippen molar-refractivity contribution in [3.05, 3.63) is 81.9 Å². The number of aromatic nitrogens is 4. The molecule has 3 heterocycles. The third kappa shape index (κ3) is 2.99. The molecule has 0 bridgehead atoms. The van der Waals surface area contributed by atoms with Crippen LogP contribution >= 0.6 is 0 Å². The van der Waals surface area contributed by atoms with E-state index in [1.807, 2.05) is 0 Å². The van der Waals surface area contributed by atoms with E-state index in [-0.39, 0.29) is 17.7 Å². The van der Waals surface area contributed by atoms with Crippen molar-refractivity contribution >= 4 is 11.2 Å². The van der Waals surface area contributed by atoms with Gasteiger partial charge in [0.2, 0.25) is 0 Å². The second kappa shape index (κ2) is 6.39. The fourth-order valence-corrected chi connectivity index (χ4v) is 2.95. The molecule has 4 aromatic rings. The van der Waals surface area contributed by atoms with Crippen molar-refractivity contribution < 1.29 is 13.2 Å². The zero-order chi connectivity index (χ0) is 19.1. The second-order valence-electron chi connectivity index (χ2n) is 6.15. The van der Waals surface area contributed by atoms with Crippen molar-refractivity contribution in [3.8, 4) is 11.1 Å². The first-order valence-electron chi connectivity index (χ1n) is 8.07. The van der Waals surface area contributed by atoms with Gasteiger partial charge in [0, 0.05) is 29.1 Å². The first kappa shape index (κ1) is 17.0. The molecule has 1 aromatic carbocycles. The average Bonchev–Trinajstić information content (AvgIpc) is 2.95. The number of H-pyrrole nitrogens is 1. The van der Waals surface area contributed by atoms with E-state index < -0.39 is 23.1 Å². The minimum atomic E-state index is -0.685. The van der Waals surface area contributed by atoms with E-state index >= 15 is 0 Å². The van der Waals surface area contributed by atoms with Gasteiger partial charge in [0.25, 0.3) is 0 Å². The Bertz CT molecular complexity index is 1230. The Morgan fingerprint density at radius 3 is 2.70 bits per heavy atom. The normalized spacial score (nSPS) is 11.3. The smallest absolute Gasteiger partial charge is 0.290 e. The van der Waals surface area contributed by atoms with E-state index in [9.17, 15) is 18.0 Å². The number of fused-ring (bicyclic) bond motifs is 1. The molecule has 0 aliphatic heterocycles. The summed E-state index contributed by atoms with van der Waals surface area (Å²) in [4.78, 5) is 22.8. The van der Waals surface area contributed by atoms with Crippen molar-refractivity contribution in [2.45, 2.75) is 13.5 Å². The van der Waals surface area contributed by atoms with Crippen LogP contribution in [-0.2, 0) is 6.54 Å². The number of nitrogens with one attached hydrogen (secondary N) is 1. The molecule has 0 aliphatic rings. The number of benzene rings is 1. The van der Waals surface area contributed by atoms with Gasteiger partial charge in [-0.15, -0.1) is 0 Å². The number of nitrogens with zero attached hydrogens (tertiary/aromatic N) is 3. The van der Waals surface area contributed by atoms with Gasteiger partial charge in [-0.2, -0.15) is 0 Å². The number of hydrogen-bond donors (Lipinski definition) is 1. The SMILES string of the molecule is Cc1c(F)ccc(-c2cnc3[nH]c(=O)n(Cc4cncc(F)c4)c3c2)c1F. The van der Waals surface area contributed by atoms with Crippen molar-refractivity contribution in [2.75, 3.05) is 0 Å². The van der Waals surface area contributed by atoms with E-state index in [1.165, 1.54) is 42.1 Å². The van der Waals surface area contributed by atoms with Crippen LogP contribution in [0.25, 0.3) is 22.3 Å². The van der Waals surface area contributed by atoms with Gasteiger partial charge in [-0.3, -0.25) is 14.5 Å².